The van der Waals surface area contributed by atoms with Crippen molar-refractivity contribution in [2.45, 2.75) is 25.9 Å². The van der Waals surface area contributed by atoms with Gasteiger partial charge in [0.15, 0.2) is 0 Å². The van der Waals surface area contributed by atoms with Gasteiger partial charge in [-0.25, -0.2) is 4.39 Å². The molecule has 120 valence electrons. The summed E-state index contributed by atoms with van der Waals surface area (Å²) < 4.78 is 24.8. The van der Waals surface area contributed by atoms with Crippen LogP contribution in [0.15, 0.2) is 42.3 Å². The lowest BCUT2D eigenvalue weighted by atomic mass is 10.0. The Bertz CT molecular complexity index is 761. The maximum absolute atomic E-state index is 13.5. The van der Waals surface area contributed by atoms with Crippen molar-refractivity contribution >= 4 is 10.9 Å². The van der Waals surface area contributed by atoms with Crippen molar-refractivity contribution in [2.24, 2.45) is 17.8 Å². The van der Waals surface area contributed by atoms with Crippen molar-refractivity contribution in [1.82, 2.24) is 4.98 Å². The number of allylic oxidation sites excluding steroid dienone is 1. The lowest BCUT2D eigenvalue weighted by Crippen LogP contribution is -2.16. The fourth-order valence-corrected chi connectivity index (χ4v) is 4.20. The van der Waals surface area contributed by atoms with Crippen molar-refractivity contribution in [1.29, 1.82) is 0 Å². The summed E-state index contributed by atoms with van der Waals surface area (Å²) >= 11 is 0. The van der Waals surface area contributed by atoms with Crippen molar-refractivity contribution in [2.75, 3.05) is 7.11 Å². The van der Waals surface area contributed by atoms with E-state index in [0.29, 0.717) is 17.8 Å². The molecule has 2 unspecified atom stereocenters. The van der Waals surface area contributed by atoms with Crippen molar-refractivity contribution in [3.8, 4) is 5.75 Å². The first-order chi connectivity index (χ1) is 11.2. The molecule has 0 aliphatic heterocycles. The predicted molar refractivity (Wildman–Crippen MR) is 86.6 cm³/mol. The Morgan fingerprint density at radius 2 is 2.04 bits per heavy atom. The fraction of sp³-hybridized carbons (Fsp3) is 0.421. The minimum Gasteiger partial charge on any atom is -0.504 e. The molecule has 4 rings (SSSR count). The molecule has 0 radical (unpaired) electrons. The highest BCUT2D eigenvalue weighted by Gasteiger charge is 2.57. The number of methoxy groups -OCH3 is 1. The van der Waals surface area contributed by atoms with E-state index in [1.807, 2.05) is 12.3 Å². The highest BCUT2D eigenvalue weighted by molar-refractivity contribution is 5.84. The maximum Gasteiger partial charge on any atom is 0.130 e. The normalized spacial score (nSPS) is 29.4. The van der Waals surface area contributed by atoms with Gasteiger partial charge >= 0.3 is 0 Å². The number of fused-ring (bicyclic) bond motifs is 2. The minimum absolute atomic E-state index is 0.213. The quantitative estimate of drug-likeness (QED) is 0.787. The molecule has 2 fully saturated rings. The summed E-state index contributed by atoms with van der Waals surface area (Å²) in [6, 6.07) is 6.46. The number of hydrogen-bond acceptors (Lipinski definition) is 3. The highest BCUT2D eigenvalue weighted by Crippen LogP contribution is 2.61. The van der Waals surface area contributed by atoms with Gasteiger partial charge in [0.1, 0.15) is 11.6 Å². The molecule has 2 aliphatic carbocycles. The standard InChI is InChI=1S/C19H20FNO2/c1-11(10-22-2)19-14-8-13(9-15(14)19)23-18-5-6-21-17-4-3-12(20)7-16(17)18/h3-7,10,13-15,19H,8-9H2,1-2H3/b11-10+. The summed E-state index contributed by atoms with van der Waals surface area (Å²) in [5, 5.41) is 0.750. The van der Waals surface area contributed by atoms with Gasteiger partial charge in [-0.1, -0.05) is 0 Å². The van der Waals surface area contributed by atoms with E-state index in [9.17, 15) is 4.39 Å². The molecule has 1 heterocycles. The molecule has 1 aromatic carbocycles. The second-order valence-corrected chi connectivity index (χ2v) is 6.63. The van der Waals surface area contributed by atoms with E-state index >= 15 is 0 Å². The summed E-state index contributed by atoms with van der Waals surface area (Å²) in [7, 11) is 1.70. The Balaban J connectivity index is 1.48. The number of ether oxygens (including phenoxy) is 2. The third kappa shape index (κ3) is 2.56. The van der Waals surface area contributed by atoms with Crippen LogP contribution in [-0.4, -0.2) is 18.2 Å². The van der Waals surface area contributed by atoms with Gasteiger partial charge in [-0.2, -0.15) is 0 Å². The highest BCUT2D eigenvalue weighted by atomic mass is 19.1. The van der Waals surface area contributed by atoms with Crippen LogP contribution in [0.3, 0.4) is 0 Å². The van der Waals surface area contributed by atoms with Crippen LogP contribution >= 0.6 is 0 Å². The lowest BCUT2D eigenvalue weighted by molar-refractivity contribution is 0.191. The molecule has 2 aliphatic rings. The van der Waals surface area contributed by atoms with E-state index in [0.717, 1.165) is 29.5 Å². The molecule has 0 saturated heterocycles. The Morgan fingerprint density at radius 3 is 2.78 bits per heavy atom. The SMILES string of the molecule is CO/C=C(\C)C1C2CC(Oc3ccnc4ccc(F)cc34)CC21. The largest absolute Gasteiger partial charge is 0.504 e. The van der Waals surface area contributed by atoms with Crippen LogP contribution in [-0.2, 0) is 4.74 Å². The molecular formula is C19H20FNO2. The molecule has 2 saturated carbocycles. The van der Waals surface area contributed by atoms with Gasteiger partial charge in [-0.05, 0) is 67.4 Å². The van der Waals surface area contributed by atoms with Crippen LogP contribution in [0.4, 0.5) is 4.39 Å². The van der Waals surface area contributed by atoms with Gasteiger partial charge in [-0.3, -0.25) is 4.98 Å². The van der Waals surface area contributed by atoms with Crippen LogP contribution < -0.4 is 4.74 Å². The molecule has 2 atom stereocenters. The van der Waals surface area contributed by atoms with Gasteiger partial charge < -0.3 is 9.47 Å². The van der Waals surface area contributed by atoms with Crippen LogP contribution in [0.1, 0.15) is 19.8 Å². The number of benzene rings is 1. The van der Waals surface area contributed by atoms with Crippen molar-refractivity contribution < 1.29 is 13.9 Å². The molecule has 4 heteroatoms. The molecular weight excluding hydrogens is 293 g/mol. The van der Waals surface area contributed by atoms with E-state index in [1.165, 1.54) is 17.7 Å². The van der Waals surface area contributed by atoms with E-state index in [-0.39, 0.29) is 11.9 Å². The Kier molecular flexibility index (Phi) is 3.47. The number of halogens is 1. The number of aromatic nitrogens is 1. The summed E-state index contributed by atoms with van der Waals surface area (Å²) in [6.45, 7) is 2.14. The van der Waals surface area contributed by atoms with Gasteiger partial charge in [-0.15, -0.1) is 0 Å². The fourth-order valence-electron chi connectivity index (χ4n) is 4.20. The number of rotatable bonds is 4. The van der Waals surface area contributed by atoms with Crippen molar-refractivity contribution in [3.05, 3.63) is 48.1 Å². The maximum atomic E-state index is 13.5. The molecule has 1 aromatic heterocycles. The minimum atomic E-state index is -0.259. The third-order valence-electron chi connectivity index (χ3n) is 5.19. The average molecular weight is 313 g/mol. The Morgan fingerprint density at radius 1 is 1.26 bits per heavy atom. The third-order valence-corrected chi connectivity index (χ3v) is 5.19. The lowest BCUT2D eigenvalue weighted by Gasteiger charge is -2.18. The zero-order valence-electron chi connectivity index (χ0n) is 13.3. The first kappa shape index (κ1) is 14.5. The zero-order chi connectivity index (χ0) is 16.0. The van der Waals surface area contributed by atoms with E-state index in [1.54, 1.807) is 19.4 Å². The van der Waals surface area contributed by atoms with Crippen LogP contribution in [0.25, 0.3) is 10.9 Å². The summed E-state index contributed by atoms with van der Waals surface area (Å²) in [6.07, 6.45) is 5.91. The molecule has 0 N–H and O–H groups in total. The molecule has 2 aromatic rings. The summed E-state index contributed by atoms with van der Waals surface area (Å²) in [4.78, 5) is 4.27. The van der Waals surface area contributed by atoms with Crippen LogP contribution in [0.2, 0.25) is 0 Å². The molecule has 0 spiro atoms. The molecule has 0 amide bonds. The first-order valence-corrected chi connectivity index (χ1v) is 8.07. The van der Waals surface area contributed by atoms with E-state index in [2.05, 4.69) is 11.9 Å². The zero-order valence-corrected chi connectivity index (χ0v) is 13.3. The number of pyridine rings is 1. The van der Waals surface area contributed by atoms with E-state index < -0.39 is 0 Å². The van der Waals surface area contributed by atoms with Crippen LogP contribution in [0, 0.1) is 23.6 Å². The Labute approximate surface area is 135 Å². The topological polar surface area (TPSA) is 31.4 Å². The van der Waals surface area contributed by atoms with Crippen molar-refractivity contribution in [3.63, 3.8) is 0 Å². The second-order valence-electron chi connectivity index (χ2n) is 6.63. The second kappa shape index (κ2) is 5.52. The van der Waals surface area contributed by atoms with Gasteiger partial charge in [0.05, 0.1) is 25.0 Å². The summed E-state index contributed by atoms with van der Waals surface area (Å²) in [5.74, 6) is 2.54. The smallest absolute Gasteiger partial charge is 0.130 e. The molecule has 0 bridgehead atoms. The predicted octanol–water partition coefficient (Wildman–Crippen LogP) is 4.33. The van der Waals surface area contributed by atoms with Gasteiger partial charge in [0.2, 0.25) is 0 Å². The average Bonchev–Trinajstić information content (AvgIpc) is 3.05. The Hall–Kier alpha value is -2.10. The first-order valence-electron chi connectivity index (χ1n) is 8.07. The van der Waals surface area contributed by atoms with Crippen LogP contribution in [0.5, 0.6) is 5.75 Å². The molecule has 3 nitrogen and oxygen atoms in total. The summed E-state index contributed by atoms with van der Waals surface area (Å²) in [5.41, 5.74) is 2.10. The molecule has 23 heavy (non-hydrogen) atoms. The van der Waals surface area contributed by atoms with E-state index in [4.69, 9.17) is 9.47 Å². The van der Waals surface area contributed by atoms with Gasteiger partial charge in [0, 0.05) is 11.6 Å². The monoisotopic (exact) mass is 313 g/mol. The van der Waals surface area contributed by atoms with Gasteiger partial charge in [0.25, 0.3) is 0 Å². The number of hydrogen-bond donors (Lipinski definition) is 0. The number of nitrogens with zero attached hydrogens (tertiary/aromatic N) is 1.